The van der Waals surface area contributed by atoms with Gasteiger partial charge in [-0.05, 0) is 30.7 Å². The predicted octanol–water partition coefficient (Wildman–Crippen LogP) is 2.15. The van der Waals surface area contributed by atoms with Crippen molar-refractivity contribution in [3.63, 3.8) is 0 Å². The first kappa shape index (κ1) is 18.9. The van der Waals surface area contributed by atoms with E-state index in [1.165, 1.54) is 11.4 Å². The topological polar surface area (TPSA) is 88.8 Å². The van der Waals surface area contributed by atoms with Gasteiger partial charge in [0.15, 0.2) is 0 Å². The normalized spacial score (nSPS) is 11.1. The van der Waals surface area contributed by atoms with Gasteiger partial charge in [-0.15, -0.1) is 0 Å². The Hall–Kier alpha value is -2.48. The molecular weight excluding hydrogens is 344 g/mol. The molecule has 0 fully saturated rings. The van der Waals surface area contributed by atoms with Gasteiger partial charge in [-0.25, -0.2) is 8.42 Å². The minimum Gasteiger partial charge on any atom is -0.495 e. The van der Waals surface area contributed by atoms with Gasteiger partial charge in [0, 0.05) is 13.0 Å². The van der Waals surface area contributed by atoms with Gasteiger partial charge in [0.2, 0.25) is 15.9 Å². The summed E-state index contributed by atoms with van der Waals surface area (Å²) in [5.74, 6) is 0.972. The van der Waals surface area contributed by atoms with Crippen molar-refractivity contribution in [2.75, 3.05) is 24.2 Å². The molecule has 0 saturated heterocycles. The molecule has 1 aromatic heterocycles. The Morgan fingerprint density at radius 3 is 2.64 bits per heavy atom. The van der Waals surface area contributed by atoms with E-state index in [4.69, 9.17) is 9.15 Å². The van der Waals surface area contributed by atoms with E-state index < -0.39 is 10.0 Å². The summed E-state index contributed by atoms with van der Waals surface area (Å²) in [5, 5.41) is 2.73. The molecule has 1 aromatic carbocycles. The number of rotatable bonds is 9. The fraction of sp³-hybridized carbons (Fsp3) is 0.353. The molecule has 1 N–H and O–H groups in total. The minimum absolute atomic E-state index is 0.162. The zero-order valence-corrected chi connectivity index (χ0v) is 15.1. The molecule has 2 aromatic rings. The van der Waals surface area contributed by atoms with Crippen LogP contribution in [-0.2, 0) is 21.4 Å². The van der Waals surface area contributed by atoms with Crippen LogP contribution in [0, 0.1) is 0 Å². The number of anilines is 1. The van der Waals surface area contributed by atoms with Crippen molar-refractivity contribution in [1.82, 2.24) is 5.32 Å². The summed E-state index contributed by atoms with van der Waals surface area (Å²) in [6.45, 7) is 0.501. The standard InChI is InChI=1S/C17H22N2O5S/c1-23-16-9-4-3-8-15(16)19(25(2,21)22)11-5-10-17(20)18-13-14-7-6-12-24-14/h3-4,6-9,12H,5,10-11,13H2,1-2H3,(H,18,20). The Balaban J connectivity index is 1.93. The number of carbonyl (C=O) groups is 1. The van der Waals surface area contributed by atoms with Crippen LogP contribution in [0.2, 0.25) is 0 Å². The molecule has 0 aliphatic carbocycles. The van der Waals surface area contributed by atoms with Crippen LogP contribution < -0.4 is 14.4 Å². The third-order valence-corrected chi connectivity index (χ3v) is 4.74. The molecule has 1 amide bonds. The average Bonchev–Trinajstić information content (AvgIpc) is 3.09. The van der Waals surface area contributed by atoms with Crippen LogP contribution in [0.4, 0.5) is 5.69 Å². The van der Waals surface area contributed by atoms with Crippen LogP contribution >= 0.6 is 0 Å². The summed E-state index contributed by atoms with van der Waals surface area (Å²) in [7, 11) is -2.00. The summed E-state index contributed by atoms with van der Waals surface area (Å²) in [6.07, 6.45) is 3.27. The van der Waals surface area contributed by atoms with Gasteiger partial charge in [-0.3, -0.25) is 9.10 Å². The van der Waals surface area contributed by atoms with Gasteiger partial charge >= 0.3 is 0 Å². The van der Waals surface area contributed by atoms with Crippen LogP contribution in [0.3, 0.4) is 0 Å². The number of hydrogen-bond donors (Lipinski definition) is 1. The highest BCUT2D eigenvalue weighted by Gasteiger charge is 2.20. The molecule has 0 saturated carbocycles. The van der Waals surface area contributed by atoms with E-state index in [2.05, 4.69) is 5.32 Å². The van der Waals surface area contributed by atoms with Gasteiger partial charge in [0.25, 0.3) is 0 Å². The zero-order valence-electron chi connectivity index (χ0n) is 14.3. The van der Waals surface area contributed by atoms with E-state index in [-0.39, 0.29) is 18.9 Å². The van der Waals surface area contributed by atoms with Gasteiger partial charge < -0.3 is 14.5 Å². The molecule has 2 rings (SSSR count). The van der Waals surface area contributed by atoms with Crippen LogP contribution in [0.5, 0.6) is 5.75 Å². The lowest BCUT2D eigenvalue weighted by Crippen LogP contribution is -2.32. The lowest BCUT2D eigenvalue weighted by molar-refractivity contribution is -0.121. The lowest BCUT2D eigenvalue weighted by atomic mass is 10.2. The quantitative estimate of drug-likeness (QED) is 0.734. The van der Waals surface area contributed by atoms with Crippen LogP contribution in [0.25, 0.3) is 0 Å². The van der Waals surface area contributed by atoms with Crippen molar-refractivity contribution in [2.45, 2.75) is 19.4 Å². The molecule has 8 heteroatoms. The van der Waals surface area contributed by atoms with Gasteiger partial charge in [-0.1, -0.05) is 12.1 Å². The van der Waals surface area contributed by atoms with E-state index in [1.807, 2.05) is 0 Å². The van der Waals surface area contributed by atoms with Crippen molar-refractivity contribution >= 4 is 21.6 Å². The van der Waals surface area contributed by atoms with Crippen molar-refractivity contribution in [3.8, 4) is 5.75 Å². The lowest BCUT2D eigenvalue weighted by Gasteiger charge is -2.24. The second-order valence-corrected chi connectivity index (χ2v) is 7.37. The molecule has 136 valence electrons. The Bertz CT molecular complexity index is 787. The fourth-order valence-corrected chi connectivity index (χ4v) is 3.34. The zero-order chi connectivity index (χ0) is 18.3. The number of methoxy groups -OCH3 is 1. The number of benzene rings is 1. The second kappa shape index (κ2) is 8.57. The number of ether oxygens (including phenoxy) is 1. The number of sulfonamides is 1. The number of hydrogen-bond acceptors (Lipinski definition) is 5. The summed E-state index contributed by atoms with van der Waals surface area (Å²) in [5.41, 5.74) is 0.462. The van der Waals surface area contributed by atoms with Crippen molar-refractivity contribution in [2.24, 2.45) is 0 Å². The van der Waals surface area contributed by atoms with Crippen LogP contribution in [0.15, 0.2) is 47.1 Å². The minimum atomic E-state index is -3.49. The molecule has 7 nitrogen and oxygen atoms in total. The van der Waals surface area contributed by atoms with Gasteiger partial charge in [0.1, 0.15) is 11.5 Å². The third kappa shape index (κ3) is 5.53. The highest BCUT2D eigenvalue weighted by Crippen LogP contribution is 2.29. The van der Waals surface area contributed by atoms with Crippen molar-refractivity contribution in [3.05, 3.63) is 48.4 Å². The number of amides is 1. The van der Waals surface area contributed by atoms with Crippen LogP contribution in [-0.4, -0.2) is 34.2 Å². The van der Waals surface area contributed by atoms with Gasteiger partial charge in [-0.2, -0.15) is 0 Å². The summed E-state index contributed by atoms with van der Waals surface area (Å²) < 4.78 is 35.9. The average molecular weight is 366 g/mol. The van der Waals surface area contributed by atoms with Crippen molar-refractivity contribution < 1.29 is 22.4 Å². The molecular formula is C17H22N2O5S. The molecule has 1 heterocycles. The molecule has 0 aliphatic heterocycles. The second-order valence-electron chi connectivity index (χ2n) is 5.47. The first-order valence-corrected chi connectivity index (χ1v) is 9.66. The van der Waals surface area contributed by atoms with E-state index >= 15 is 0 Å². The number of carbonyl (C=O) groups excluding carboxylic acids is 1. The highest BCUT2D eigenvalue weighted by atomic mass is 32.2. The third-order valence-electron chi connectivity index (χ3n) is 3.56. The smallest absolute Gasteiger partial charge is 0.232 e. The maximum absolute atomic E-state index is 12.1. The summed E-state index contributed by atoms with van der Waals surface area (Å²) in [4.78, 5) is 11.9. The molecule has 0 bridgehead atoms. The first-order valence-electron chi connectivity index (χ1n) is 7.81. The largest absolute Gasteiger partial charge is 0.495 e. The predicted molar refractivity (Wildman–Crippen MR) is 95.0 cm³/mol. The molecule has 0 radical (unpaired) electrons. The number of nitrogens with zero attached hydrogens (tertiary/aromatic N) is 1. The Morgan fingerprint density at radius 1 is 1.24 bits per heavy atom. The van der Waals surface area contributed by atoms with Crippen LogP contribution in [0.1, 0.15) is 18.6 Å². The summed E-state index contributed by atoms with van der Waals surface area (Å²) >= 11 is 0. The Morgan fingerprint density at radius 2 is 2.00 bits per heavy atom. The maximum atomic E-state index is 12.1. The van der Waals surface area contributed by atoms with Crippen molar-refractivity contribution in [1.29, 1.82) is 0 Å². The number of furan rings is 1. The van der Waals surface area contributed by atoms with E-state index in [0.717, 1.165) is 6.26 Å². The molecule has 25 heavy (non-hydrogen) atoms. The van der Waals surface area contributed by atoms with E-state index in [9.17, 15) is 13.2 Å². The fourth-order valence-electron chi connectivity index (χ4n) is 2.37. The Kier molecular flexibility index (Phi) is 6.46. The number of para-hydroxylation sites is 2. The number of nitrogens with one attached hydrogen (secondary N) is 1. The maximum Gasteiger partial charge on any atom is 0.232 e. The molecule has 0 spiro atoms. The van der Waals surface area contributed by atoms with Gasteiger partial charge in [0.05, 0.1) is 31.9 Å². The Labute approximate surface area is 147 Å². The summed E-state index contributed by atoms with van der Waals surface area (Å²) in [6, 6.07) is 10.4. The molecule has 0 aliphatic rings. The molecule has 0 atom stereocenters. The highest BCUT2D eigenvalue weighted by molar-refractivity contribution is 7.92. The SMILES string of the molecule is COc1ccccc1N(CCCC(=O)NCc1ccco1)S(C)(=O)=O. The molecule has 0 unspecified atom stereocenters. The van der Waals surface area contributed by atoms with E-state index in [0.29, 0.717) is 30.2 Å². The van der Waals surface area contributed by atoms with E-state index in [1.54, 1.807) is 42.7 Å². The monoisotopic (exact) mass is 366 g/mol. The first-order chi connectivity index (χ1) is 11.9.